The number of nitriles is 1. The molecule has 4 aromatic rings. The van der Waals surface area contributed by atoms with Crippen LogP contribution in [0.3, 0.4) is 0 Å². The highest BCUT2D eigenvalue weighted by molar-refractivity contribution is 7.16. The maximum Gasteiger partial charge on any atom is 0.257 e. The summed E-state index contributed by atoms with van der Waals surface area (Å²) in [7, 11) is 1.58. The van der Waals surface area contributed by atoms with Crippen LogP contribution in [0.25, 0.3) is 11.5 Å². The maximum absolute atomic E-state index is 12.9. The average molecular weight is 492 g/mol. The Hall–Kier alpha value is -4.27. The summed E-state index contributed by atoms with van der Waals surface area (Å²) in [5, 5.41) is 19.8. The molecule has 1 N–H and O–H groups in total. The Morgan fingerprint density at radius 3 is 2.60 bits per heavy atom. The van der Waals surface area contributed by atoms with Crippen LogP contribution < -0.4 is 14.8 Å². The summed E-state index contributed by atoms with van der Waals surface area (Å²) >= 11 is 1.08. The average Bonchev–Trinajstić information content (AvgIpc) is 3.48. The van der Waals surface area contributed by atoms with Gasteiger partial charge in [0.05, 0.1) is 12.8 Å². The molecule has 2 heterocycles. The van der Waals surface area contributed by atoms with Gasteiger partial charge in [-0.1, -0.05) is 11.3 Å². The zero-order chi connectivity index (χ0) is 24.8. The summed E-state index contributed by atoms with van der Waals surface area (Å²) in [6.45, 7) is 3.95. The second-order valence-electron chi connectivity index (χ2n) is 7.43. The van der Waals surface area contributed by atoms with Crippen LogP contribution in [0.5, 0.6) is 17.2 Å². The third kappa shape index (κ3) is 6.20. The number of ether oxygens (including phenoxy) is 3. The number of aryl methyl sites for hydroxylation is 1. The first-order valence-electron chi connectivity index (χ1n) is 10.5. The Balaban J connectivity index is 1.57. The first kappa shape index (κ1) is 23.9. The van der Waals surface area contributed by atoms with Crippen LogP contribution in [0.1, 0.15) is 28.0 Å². The predicted molar refractivity (Wildman–Crippen MR) is 128 cm³/mol. The van der Waals surface area contributed by atoms with Gasteiger partial charge in [0.15, 0.2) is 5.13 Å². The van der Waals surface area contributed by atoms with E-state index in [-0.39, 0.29) is 6.10 Å². The van der Waals surface area contributed by atoms with Gasteiger partial charge in [-0.15, -0.1) is 10.2 Å². The molecule has 4 rings (SSSR count). The number of nitrogens with one attached hydrogen (secondary N) is 1. The number of hydrogen-bond acceptors (Lipinski definition) is 10. The first-order valence-corrected chi connectivity index (χ1v) is 11.3. The molecule has 2 aromatic carbocycles. The molecule has 0 saturated carbocycles. The third-order valence-corrected chi connectivity index (χ3v) is 5.40. The molecule has 35 heavy (non-hydrogen) atoms. The van der Waals surface area contributed by atoms with Crippen LogP contribution in [0.2, 0.25) is 0 Å². The lowest BCUT2D eigenvalue weighted by Crippen LogP contribution is -2.18. The van der Waals surface area contributed by atoms with Gasteiger partial charge in [-0.25, -0.2) is 4.98 Å². The highest BCUT2D eigenvalue weighted by Gasteiger charge is 2.15. The number of methoxy groups -OCH3 is 1. The van der Waals surface area contributed by atoms with Crippen LogP contribution in [-0.2, 0) is 4.74 Å². The van der Waals surface area contributed by atoms with Crippen molar-refractivity contribution in [3.63, 3.8) is 0 Å². The maximum atomic E-state index is 12.9. The second kappa shape index (κ2) is 10.8. The van der Waals surface area contributed by atoms with Crippen molar-refractivity contribution in [2.45, 2.75) is 20.0 Å². The van der Waals surface area contributed by atoms with E-state index in [1.54, 1.807) is 56.5 Å². The van der Waals surface area contributed by atoms with E-state index >= 15 is 0 Å². The SMILES string of the molecule is COC[C@H](C)Oc1cc(Oc2ccc(-c3nnc(C)o3)cc2)cc(C(=O)Nc2ncc(C#N)s2)c1. The first-order chi connectivity index (χ1) is 16.9. The van der Waals surface area contributed by atoms with Crippen molar-refractivity contribution < 1.29 is 23.4 Å². The minimum Gasteiger partial charge on any atom is -0.488 e. The third-order valence-electron chi connectivity index (χ3n) is 4.58. The molecule has 2 aromatic heterocycles. The molecule has 178 valence electrons. The van der Waals surface area contributed by atoms with E-state index in [4.69, 9.17) is 23.9 Å². The van der Waals surface area contributed by atoms with E-state index in [0.717, 1.165) is 16.9 Å². The molecule has 0 aliphatic carbocycles. The summed E-state index contributed by atoms with van der Waals surface area (Å²) < 4.78 is 22.5. The minimum atomic E-state index is -0.416. The summed E-state index contributed by atoms with van der Waals surface area (Å²) in [5.41, 5.74) is 1.05. The van der Waals surface area contributed by atoms with E-state index in [1.165, 1.54) is 6.20 Å². The molecule has 0 spiro atoms. The topological polar surface area (TPSA) is 132 Å². The van der Waals surface area contributed by atoms with Crippen molar-refractivity contribution in [2.24, 2.45) is 0 Å². The van der Waals surface area contributed by atoms with Crippen LogP contribution in [0.15, 0.2) is 53.1 Å². The lowest BCUT2D eigenvalue weighted by Gasteiger charge is -2.16. The minimum absolute atomic E-state index is 0.250. The van der Waals surface area contributed by atoms with Gasteiger partial charge in [-0.2, -0.15) is 5.26 Å². The fourth-order valence-electron chi connectivity index (χ4n) is 3.10. The standard InChI is InChI=1S/C24H21N5O5S/c1-14(13-31-3)32-19-8-17(22(30)27-24-26-12-21(11-25)35-24)9-20(10-19)34-18-6-4-16(5-7-18)23-29-28-15(2)33-23/h4-10,12,14H,13H2,1-3H3,(H,26,27,30)/t14-/m0/s1. The Kier molecular flexibility index (Phi) is 7.35. The smallest absolute Gasteiger partial charge is 0.257 e. The summed E-state index contributed by atoms with van der Waals surface area (Å²) in [4.78, 5) is 17.3. The molecule has 0 fully saturated rings. The number of thiazole rings is 1. The van der Waals surface area contributed by atoms with Gasteiger partial charge in [0.25, 0.3) is 5.91 Å². The predicted octanol–water partition coefficient (Wildman–Crippen LogP) is 4.83. The summed E-state index contributed by atoms with van der Waals surface area (Å²) in [6.07, 6.45) is 1.15. The molecule has 0 aliphatic heterocycles. The molecule has 0 radical (unpaired) electrons. The molecule has 1 amide bonds. The fourth-order valence-corrected chi connectivity index (χ4v) is 3.71. The molecule has 0 aliphatic rings. The zero-order valence-corrected chi connectivity index (χ0v) is 20.0. The number of benzene rings is 2. The lowest BCUT2D eigenvalue weighted by atomic mass is 10.1. The van der Waals surface area contributed by atoms with Crippen molar-refractivity contribution in [1.82, 2.24) is 15.2 Å². The molecule has 0 unspecified atom stereocenters. The van der Waals surface area contributed by atoms with E-state index in [1.807, 2.05) is 13.0 Å². The number of nitrogens with zero attached hydrogens (tertiary/aromatic N) is 4. The molecule has 0 saturated heterocycles. The van der Waals surface area contributed by atoms with Crippen molar-refractivity contribution in [3.05, 3.63) is 65.0 Å². The fraction of sp³-hybridized carbons (Fsp3) is 0.208. The molecule has 11 heteroatoms. The zero-order valence-electron chi connectivity index (χ0n) is 19.1. The number of carbonyl (C=O) groups is 1. The second-order valence-corrected chi connectivity index (χ2v) is 8.46. The van der Waals surface area contributed by atoms with Gasteiger partial charge in [-0.3, -0.25) is 10.1 Å². The van der Waals surface area contributed by atoms with Crippen LogP contribution in [0, 0.1) is 18.3 Å². The molecular formula is C24H21N5O5S. The molecule has 10 nitrogen and oxygen atoms in total. The Bertz CT molecular complexity index is 1360. The quantitative estimate of drug-likeness (QED) is 0.349. The van der Waals surface area contributed by atoms with Crippen LogP contribution in [0.4, 0.5) is 5.13 Å². The van der Waals surface area contributed by atoms with Gasteiger partial charge in [-0.05, 0) is 43.3 Å². The Morgan fingerprint density at radius 1 is 1.17 bits per heavy atom. The number of hydrogen-bond donors (Lipinski definition) is 1. The molecular weight excluding hydrogens is 470 g/mol. The Labute approximate surface area is 205 Å². The highest BCUT2D eigenvalue weighted by atomic mass is 32.1. The normalized spacial score (nSPS) is 11.5. The van der Waals surface area contributed by atoms with E-state index < -0.39 is 5.91 Å². The molecule has 0 bridgehead atoms. The van der Waals surface area contributed by atoms with Gasteiger partial charge in [0, 0.05) is 31.2 Å². The van der Waals surface area contributed by atoms with Gasteiger partial charge in [0.1, 0.15) is 34.3 Å². The van der Waals surface area contributed by atoms with Crippen molar-refractivity contribution in [2.75, 3.05) is 19.0 Å². The number of amides is 1. The van der Waals surface area contributed by atoms with E-state index in [0.29, 0.717) is 51.2 Å². The highest BCUT2D eigenvalue weighted by Crippen LogP contribution is 2.30. The number of carbonyl (C=O) groups excluding carboxylic acids is 1. The van der Waals surface area contributed by atoms with Crippen molar-refractivity contribution >= 4 is 22.4 Å². The van der Waals surface area contributed by atoms with Gasteiger partial charge < -0.3 is 18.6 Å². The number of aromatic nitrogens is 3. The lowest BCUT2D eigenvalue weighted by molar-refractivity contribution is 0.0916. The number of rotatable bonds is 9. The van der Waals surface area contributed by atoms with E-state index in [9.17, 15) is 4.79 Å². The molecule has 1 atom stereocenters. The van der Waals surface area contributed by atoms with Crippen molar-refractivity contribution in [3.8, 4) is 34.8 Å². The monoisotopic (exact) mass is 491 g/mol. The largest absolute Gasteiger partial charge is 0.488 e. The van der Waals surface area contributed by atoms with Crippen LogP contribution in [-0.4, -0.2) is 40.9 Å². The van der Waals surface area contributed by atoms with E-state index in [2.05, 4.69) is 20.5 Å². The van der Waals surface area contributed by atoms with Gasteiger partial charge in [0.2, 0.25) is 11.8 Å². The summed E-state index contributed by atoms with van der Waals surface area (Å²) in [6, 6.07) is 14.0. The summed E-state index contributed by atoms with van der Waals surface area (Å²) in [5.74, 6) is 1.85. The van der Waals surface area contributed by atoms with Gasteiger partial charge >= 0.3 is 0 Å². The van der Waals surface area contributed by atoms with Crippen LogP contribution >= 0.6 is 11.3 Å². The Morgan fingerprint density at radius 2 is 1.94 bits per heavy atom. The van der Waals surface area contributed by atoms with Crippen molar-refractivity contribution in [1.29, 1.82) is 5.26 Å². The number of anilines is 1.